The standard InChI is InChI=1S/C24H26ClN5O2S/c1-5-11-30-22(17(4)26-23(32)18-8-6-7-15(2)12-18)28-29-24(30)33-14-21(31)27-20-13-19(25)10-9-16(20)3/h5-10,12-13,17H,1,11,14H2,2-4H3,(H,26,32)(H,27,31)/t17-/m0/s1. The molecule has 0 bridgehead atoms. The number of carbonyl (C=O) groups excluding carboxylic acids is 2. The summed E-state index contributed by atoms with van der Waals surface area (Å²) in [6.45, 7) is 9.94. The fraction of sp³-hybridized carbons (Fsp3) is 0.250. The summed E-state index contributed by atoms with van der Waals surface area (Å²) in [7, 11) is 0. The summed E-state index contributed by atoms with van der Waals surface area (Å²) in [4.78, 5) is 25.1. The van der Waals surface area contributed by atoms with Crippen LogP contribution in [0.15, 0.2) is 60.3 Å². The topological polar surface area (TPSA) is 88.9 Å². The van der Waals surface area contributed by atoms with E-state index in [4.69, 9.17) is 11.6 Å². The van der Waals surface area contributed by atoms with E-state index in [0.29, 0.717) is 33.8 Å². The number of thioether (sulfide) groups is 1. The van der Waals surface area contributed by atoms with Crippen molar-refractivity contribution in [3.8, 4) is 0 Å². The zero-order valence-electron chi connectivity index (χ0n) is 18.8. The predicted molar refractivity (Wildman–Crippen MR) is 133 cm³/mol. The van der Waals surface area contributed by atoms with Crippen LogP contribution in [0.1, 0.15) is 40.3 Å². The van der Waals surface area contributed by atoms with Crippen molar-refractivity contribution in [1.82, 2.24) is 20.1 Å². The maximum Gasteiger partial charge on any atom is 0.251 e. The fourth-order valence-electron chi connectivity index (χ4n) is 3.20. The molecule has 2 N–H and O–H groups in total. The monoisotopic (exact) mass is 483 g/mol. The van der Waals surface area contributed by atoms with E-state index in [1.807, 2.05) is 49.6 Å². The highest BCUT2D eigenvalue weighted by atomic mass is 35.5. The number of aromatic nitrogens is 3. The number of carbonyl (C=O) groups is 2. The van der Waals surface area contributed by atoms with Gasteiger partial charge in [-0.2, -0.15) is 0 Å². The molecule has 0 radical (unpaired) electrons. The zero-order chi connectivity index (χ0) is 24.0. The third-order valence-corrected chi connectivity index (χ3v) is 6.08. The van der Waals surface area contributed by atoms with E-state index in [1.54, 1.807) is 24.3 Å². The molecular weight excluding hydrogens is 458 g/mol. The lowest BCUT2D eigenvalue weighted by Gasteiger charge is -2.15. The summed E-state index contributed by atoms with van der Waals surface area (Å²) in [5.74, 6) is 0.362. The molecule has 0 spiro atoms. The molecule has 0 aliphatic carbocycles. The van der Waals surface area contributed by atoms with E-state index in [1.165, 1.54) is 11.8 Å². The van der Waals surface area contributed by atoms with Crippen LogP contribution in [-0.4, -0.2) is 32.3 Å². The van der Waals surface area contributed by atoms with Gasteiger partial charge in [0, 0.05) is 22.8 Å². The summed E-state index contributed by atoms with van der Waals surface area (Å²) < 4.78 is 1.84. The second-order valence-electron chi connectivity index (χ2n) is 7.60. The van der Waals surface area contributed by atoms with E-state index in [-0.39, 0.29) is 23.6 Å². The molecule has 172 valence electrons. The first kappa shape index (κ1) is 24.5. The van der Waals surface area contributed by atoms with Gasteiger partial charge in [-0.3, -0.25) is 9.59 Å². The van der Waals surface area contributed by atoms with Gasteiger partial charge >= 0.3 is 0 Å². The number of amides is 2. The Labute approximate surface area is 202 Å². The Morgan fingerprint density at radius 2 is 2.00 bits per heavy atom. The molecule has 3 aromatic rings. The molecule has 0 fully saturated rings. The summed E-state index contributed by atoms with van der Waals surface area (Å²) in [5.41, 5.74) is 3.19. The highest BCUT2D eigenvalue weighted by molar-refractivity contribution is 7.99. The highest BCUT2D eigenvalue weighted by Crippen LogP contribution is 2.23. The Kier molecular flexibility index (Phi) is 8.30. The molecule has 1 atom stereocenters. The van der Waals surface area contributed by atoms with Gasteiger partial charge in [0.05, 0.1) is 11.8 Å². The first-order chi connectivity index (χ1) is 15.8. The highest BCUT2D eigenvalue weighted by Gasteiger charge is 2.20. The minimum Gasteiger partial charge on any atom is -0.342 e. The average molecular weight is 484 g/mol. The van der Waals surface area contributed by atoms with Crippen LogP contribution in [0.5, 0.6) is 0 Å². The van der Waals surface area contributed by atoms with Crippen LogP contribution in [0.25, 0.3) is 0 Å². The smallest absolute Gasteiger partial charge is 0.251 e. The van der Waals surface area contributed by atoms with Crippen LogP contribution in [0.2, 0.25) is 5.02 Å². The summed E-state index contributed by atoms with van der Waals surface area (Å²) in [5, 5.41) is 15.5. The molecule has 0 unspecified atom stereocenters. The molecule has 7 nitrogen and oxygen atoms in total. The summed E-state index contributed by atoms with van der Waals surface area (Å²) >= 11 is 7.29. The number of allylic oxidation sites excluding steroid dienone is 1. The maximum atomic E-state index is 12.6. The fourth-order valence-corrected chi connectivity index (χ4v) is 4.13. The van der Waals surface area contributed by atoms with Crippen LogP contribution < -0.4 is 10.6 Å². The Balaban J connectivity index is 1.68. The Hall–Kier alpha value is -3.10. The van der Waals surface area contributed by atoms with Gasteiger partial charge in [-0.25, -0.2) is 0 Å². The Morgan fingerprint density at radius 3 is 2.73 bits per heavy atom. The minimum absolute atomic E-state index is 0.144. The molecule has 1 heterocycles. The molecule has 0 saturated carbocycles. The summed E-state index contributed by atoms with van der Waals surface area (Å²) in [6.07, 6.45) is 1.72. The van der Waals surface area contributed by atoms with Crippen LogP contribution in [0.3, 0.4) is 0 Å². The second-order valence-corrected chi connectivity index (χ2v) is 8.98. The van der Waals surface area contributed by atoms with Crippen molar-refractivity contribution >= 4 is 40.9 Å². The van der Waals surface area contributed by atoms with Gasteiger partial charge in [-0.05, 0) is 50.6 Å². The number of hydrogen-bond acceptors (Lipinski definition) is 5. The minimum atomic E-state index is -0.386. The van der Waals surface area contributed by atoms with E-state index >= 15 is 0 Å². The van der Waals surface area contributed by atoms with Gasteiger partial charge < -0.3 is 15.2 Å². The van der Waals surface area contributed by atoms with Crippen molar-refractivity contribution in [2.45, 2.75) is 38.5 Å². The number of hydrogen-bond donors (Lipinski definition) is 2. The van der Waals surface area contributed by atoms with Crippen LogP contribution in [0, 0.1) is 13.8 Å². The lowest BCUT2D eigenvalue weighted by Crippen LogP contribution is -2.29. The largest absolute Gasteiger partial charge is 0.342 e. The number of nitrogens with one attached hydrogen (secondary N) is 2. The van der Waals surface area contributed by atoms with Crippen molar-refractivity contribution in [2.24, 2.45) is 0 Å². The van der Waals surface area contributed by atoms with Crippen molar-refractivity contribution in [3.05, 3.63) is 82.7 Å². The molecule has 0 aliphatic heterocycles. The summed E-state index contributed by atoms with van der Waals surface area (Å²) in [6, 6.07) is 12.3. The number of anilines is 1. The first-order valence-electron chi connectivity index (χ1n) is 10.4. The second kappa shape index (κ2) is 11.2. The molecule has 0 aliphatic rings. The van der Waals surface area contributed by atoms with Crippen molar-refractivity contribution in [2.75, 3.05) is 11.1 Å². The Morgan fingerprint density at radius 1 is 1.21 bits per heavy atom. The number of nitrogens with zero attached hydrogens (tertiary/aromatic N) is 3. The van der Waals surface area contributed by atoms with E-state index in [0.717, 1.165) is 11.1 Å². The molecular formula is C24H26ClN5O2S. The third-order valence-electron chi connectivity index (χ3n) is 4.88. The molecule has 0 saturated heterocycles. The van der Waals surface area contributed by atoms with Gasteiger partial charge in [0.15, 0.2) is 11.0 Å². The van der Waals surface area contributed by atoms with Gasteiger partial charge in [0.2, 0.25) is 5.91 Å². The van der Waals surface area contributed by atoms with Crippen molar-refractivity contribution in [3.63, 3.8) is 0 Å². The number of benzene rings is 2. The quantitative estimate of drug-likeness (QED) is 0.332. The van der Waals surface area contributed by atoms with Crippen LogP contribution in [0.4, 0.5) is 5.69 Å². The maximum absolute atomic E-state index is 12.6. The molecule has 2 amide bonds. The van der Waals surface area contributed by atoms with Gasteiger partial charge in [0.25, 0.3) is 5.91 Å². The first-order valence-corrected chi connectivity index (χ1v) is 11.7. The lowest BCUT2D eigenvalue weighted by atomic mass is 10.1. The SMILES string of the molecule is C=CCn1c(SCC(=O)Nc2cc(Cl)ccc2C)nnc1[C@H](C)NC(=O)c1cccc(C)c1. The molecule has 3 rings (SSSR count). The van der Waals surface area contributed by atoms with Crippen molar-refractivity contribution in [1.29, 1.82) is 0 Å². The predicted octanol–water partition coefficient (Wildman–Crippen LogP) is 4.96. The lowest BCUT2D eigenvalue weighted by molar-refractivity contribution is -0.113. The number of rotatable bonds is 9. The zero-order valence-corrected chi connectivity index (χ0v) is 20.3. The number of halogens is 1. The molecule has 33 heavy (non-hydrogen) atoms. The third kappa shape index (κ3) is 6.46. The van der Waals surface area contributed by atoms with Gasteiger partial charge in [-0.15, -0.1) is 16.8 Å². The Bertz CT molecular complexity index is 1180. The van der Waals surface area contributed by atoms with Crippen molar-refractivity contribution < 1.29 is 9.59 Å². The van der Waals surface area contributed by atoms with E-state index in [9.17, 15) is 9.59 Å². The number of aryl methyl sites for hydroxylation is 2. The average Bonchev–Trinajstić information content (AvgIpc) is 3.18. The molecule has 1 aromatic heterocycles. The van der Waals surface area contributed by atoms with Crippen LogP contribution in [-0.2, 0) is 11.3 Å². The van der Waals surface area contributed by atoms with Gasteiger partial charge in [0.1, 0.15) is 0 Å². The normalized spacial score (nSPS) is 11.6. The molecule has 2 aromatic carbocycles. The van der Waals surface area contributed by atoms with E-state index < -0.39 is 0 Å². The van der Waals surface area contributed by atoms with Crippen LogP contribution >= 0.6 is 23.4 Å². The van der Waals surface area contributed by atoms with Gasteiger partial charge in [-0.1, -0.05) is 53.2 Å². The van der Waals surface area contributed by atoms with E-state index in [2.05, 4.69) is 27.4 Å². The molecule has 9 heteroatoms.